The van der Waals surface area contributed by atoms with Crippen LogP contribution in [0.5, 0.6) is 0 Å². The summed E-state index contributed by atoms with van der Waals surface area (Å²) in [5.41, 5.74) is 2.94. The Bertz CT molecular complexity index is 706. The molecule has 0 aliphatic carbocycles. The standard InChI is InChI=1S/C14H15N5OS2/c1-3-19-6-10(4-11-7-21-17-15-11)14(20)13(9(19)2)5-12-8-22-18-16-12/h4-5,7-9H,3,6H2,1-2H3/b10-4-,13-5-/t9-/m0/s1. The van der Waals surface area contributed by atoms with Gasteiger partial charge < -0.3 is 0 Å². The maximum atomic E-state index is 12.8. The second-order valence-corrected chi connectivity index (χ2v) is 6.22. The molecule has 1 aliphatic heterocycles. The van der Waals surface area contributed by atoms with Crippen LogP contribution in [-0.4, -0.2) is 49.0 Å². The van der Waals surface area contributed by atoms with Crippen molar-refractivity contribution >= 4 is 41.0 Å². The molecule has 2 aromatic heterocycles. The molecule has 0 radical (unpaired) electrons. The molecule has 8 heteroatoms. The number of hydrogen-bond donors (Lipinski definition) is 0. The highest BCUT2D eigenvalue weighted by molar-refractivity contribution is 7.03. The third-order valence-electron chi connectivity index (χ3n) is 3.71. The third kappa shape index (κ3) is 3.03. The summed E-state index contributed by atoms with van der Waals surface area (Å²) >= 11 is 2.56. The van der Waals surface area contributed by atoms with Crippen LogP contribution in [0.15, 0.2) is 21.9 Å². The summed E-state index contributed by atoms with van der Waals surface area (Å²) < 4.78 is 7.68. The average molecular weight is 333 g/mol. The maximum absolute atomic E-state index is 12.8. The lowest BCUT2D eigenvalue weighted by Gasteiger charge is -2.35. The lowest BCUT2D eigenvalue weighted by atomic mass is 9.90. The van der Waals surface area contributed by atoms with Gasteiger partial charge in [0.2, 0.25) is 0 Å². The third-order valence-corrected chi connectivity index (χ3v) is 4.76. The van der Waals surface area contributed by atoms with Gasteiger partial charge in [0.25, 0.3) is 0 Å². The fourth-order valence-corrected chi connectivity index (χ4v) is 3.31. The summed E-state index contributed by atoms with van der Waals surface area (Å²) in [6.07, 6.45) is 3.67. The number of carbonyl (C=O) groups is 1. The van der Waals surface area contributed by atoms with Gasteiger partial charge in [-0.05, 0) is 48.7 Å². The van der Waals surface area contributed by atoms with Crippen molar-refractivity contribution in [3.8, 4) is 0 Å². The largest absolute Gasteiger partial charge is 0.292 e. The van der Waals surface area contributed by atoms with Crippen molar-refractivity contribution in [2.75, 3.05) is 13.1 Å². The van der Waals surface area contributed by atoms with Crippen LogP contribution in [-0.2, 0) is 4.79 Å². The minimum Gasteiger partial charge on any atom is -0.292 e. The minimum absolute atomic E-state index is 0.0539. The Kier molecular flexibility index (Phi) is 4.51. The van der Waals surface area contributed by atoms with Gasteiger partial charge >= 0.3 is 0 Å². The number of Topliss-reactive ketones (excluding diaryl/α,β-unsaturated/α-hetero) is 1. The molecule has 0 aromatic carbocycles. The molecule has 0 bridgehead atoms. The van der Waals surface area contributed by atoms with Crippen LogP contribution in [0.4, 0.5) is 0 Å². The van der Waals surface area contributed by atoms with Gasteiger partial charge in [-0.3, -0.25) is 9.69 Å². The quantitative estimate of drug-likeness (QED) is 0.802. The summed E-state index contributed by atoms with van der Waals surface area (Å²) in [7, 11) is 0. The topological polar surface area (TPSA) is 71.9 Å². The van der Waals surface area contributed by atoms with Crippen LogP contribution in [0.25, 0.3) is 12.2 Å². The van der Waals surface area contributed by atoms with E-state index >= 15 is 0 Å². The fourth-order valence-electron chi connectivity index (χ4n) is 2.49. The zero-order valence-electron chi connectivity index (χ0n) is 12.3. The first-order valence-electron chi connectivity index (χ1n) is 6.94. The van der Waals surface area contributed by atoms with E-state index in [1.165, 1.54) is 23.1 Å². The van der Waals surface area contributed by atoms with E-state index in [4.69, 9.17) is 0 Å². The fraction of sp³-hybridized carbons (Fsp3) is 0.357. The van der Waals surface area contributed by atoms with E-state index in [1.54, 1.807) is 0 Å². The zero-order valence-corrected chi connectivity index (χ0v) is 13.9. The normalized spacial score (nSPS) is 23.5. The summed E-state index contributed by atoms with van der Waals surface area (Å²) in [6, 6.07) is 0.0601. The lowest BCUT2D eigenvalue weighted by Crippen LogP contribution is -2.44. The Labute approximate surface area is 136 Å². The van der Waals surface area contributed by atoms with Gasteiger partial charge in [-0.2, -0.15) is 0 Å². The molecule has 1 saturated heterocycles. The van der Waals surface area contributed by atoms with Gasteiger partial charge in [-0.15, -0.1) is 10.2 Å². The Morgan fingerprint density at radius 3 is 2.41 bits per heavy atom. The first-order chi connectivity index (χ1) is 10.7. The molecule has 114 valence electrons. The van der Waals surface area contributed by atoms with Crippen molar-refractivity contribution in [1.29, 1.82) is 0 Å². The molecular weight excluding hydrogens is 318 g/mol. The molecule has 0 spiro atoms. The van der Waals surface area contributed by atoms with Gasteiger partial charge in [0.15, 0.2) is 5.78 Å². The van der Waals surface area contributed by atoms with Gasteiger partial charge in [-0.1, -0.05) is 15.9 Å². The molecule has 2 aromatic rings. The predicted octanol–water partition coefficient (Wildman–Crippen LogP) is 2.15. The van der Waals surface area contributed by atoms with Crippen LogP contribution < -0.4 is 0 Å². The van der Waals surface area contributed by atoms with Crippen LogP contribution in [0, 0.1) is 0 Å². The molecule has 0 N–H and O–H groups in total. The number of rotatable bonds is 3. The van der Waals surface area contributed by atoms with E-state index in [0.29, 0.717) is 6.54 Å². The highest BCUT2D eigenvalue weighted by Crippen LogP contribution is 2.26. The summed E-state index contributed by atoms with van der Waals surface area (Å²) in [5.74, 6) is 0.0539. The van der Waals surface area contributed by atoms with E-state index in [9.17, 15) is 4.79 Å². The molecule has 1 atom stereocenters. The number of hydrogen-bond acceptors (Lipinski definition) is 8. The van der Waals surface area contributed by atoms with Crippen molar-refractivity contribution in [1.82, 2.24) is 24.1 Å². The van der Waals surface area contributed by atoms with Crippen molar-refractivity contribution in [3.63, 3.8) is 0 Å². The predicted molar refractivity (Wildman–Crippen MR) is 87.5 cm³/mol. The van der Waals surface area contributed by atoms with E-state index < -0.39 is 0 Å². The molecule has 0 amide bonds. The van der Waals surface area contributed by atoms with Crippen molar-refractivity contribution in [2.24, 2.45) is 0 Å². The molecule has 22 heavy (non-hydrogen) atoms. The number of likely N-dealkylation sites (tertiary alicyclic amines) is 1. The molecular formula is C14H15N5OS2. The maximum Gasteiger partial charge on any atom is 0.188 e. The number of piperidine rings is 1. The molecule has 1 aliphatic rings. The highest BCUT2D eigenvalue weighted by Gasteiger charge is 2.31. The molecule has 0 saturated carbocycles. The van der Waals surface area contributed by atoms with Crippen LogP contribution >= 0.6 is 23.1 Å². The van der Waals surface area contributed by atoms with E-state index in [-0.39, 0.29) is 11.8 Å². The number of ketones is 1. The van der Waals surface area contributed by atoms with E-state index in [1.807, 2.05) is 29.8 Å². The van der Waals surface area contributed by atoms with Gasteiger partial charge in [0.1, 0.15) is 0 Å². The van der Waals surface area contributed by atoms with E-state index in [0.717, 1.165) is 29.1 Å². The second-order valence-electron chi connectivity index (χ2n) is 5.00. The SMILES string of the molecule is CCN1C/C(=C/c2csnn2)C(=O)/C(=C\c2csnn2)[C@@H]1C. The average Bonchev–Trinajstić information content (AvgIpc) is 3.20. The summed E-state index contributed by atoms with van der Waals surface area (Å²) in [4.78, 5) is 15.0. The number of nitrogens with zero attached hydrogens (tertiary/aromatic N) is 5. The monoisotopic (exact) mass is 333 g/mol. The molecule has 3 rings (SSSR count). The Morgan fingerprint density at radius 1 is 1.23 bits per heavy atom. The Hall–Kier alpha value is -1.77. The molecule has 0 unspecified atom stereocenters. The second kappa shape index (κ2) is 6.55. The first kappa shape index (κ1) is 15.1. The number of aromatic nitrogens is 4. The van der Waals surface area contributed by atoms with Crippen molar-refractivity contribution < 1.29 is 4.79 Å². The lowest BCUT2D eigenvalue weighted by molar-refractivity contribution is -0.114. The van der Waals surface area contributed by atoms with Gasteiger partial charge in [0, 0.05) is 34.5 Å². The Balaban J connectivity index is 1.99. The molecule has 1 fully saturated rings. The summed E-state index contributed by atoms with van der Waals surface area (Å²) in [5, 5.41) is 11.7. The number of likely N-dealkylation sites (N-methyl/N-ethyl adjacent to an activating group) is 1. The molecule has 3 heterocycles. The van der Waals surface area contributed by atoms with Crippen molar-refractivity contribution in [3.05, 3.63) is 33.3 Å². The number of carbonyl (C=O) groups excluding carboxylic acids is 1. The van der Waals surface area contributed by atoms with Gasteiger partial charge in [0.05, 0.1) is 11.4 Å². The Morgan fingerprint density at radius 2 is 1.86 bits per heavy atom. The summed E-state index contributed by atoms with van der Waals surface area (Å²) in [6.45, 7) is 5.64. The smallest absolute Gasteiger partial charge is 0.188 e. The van der Waals surface area contributed by atoms with Crippen LogP contribution in [0.2, 0.25) is 0 Å². The molecule has 6 nitrogen and oxygen atoms in total. The minimum atomic E-state index is 0.0539. The highest BCUT2D eigenvalue weighted by atomic mass is 32.1. The van der Waals surface area contributed by atoms with E-state index in [2.05, 4.69) is 31.0 Å². The van der Waals surface area contributed by atoms with Crippen LogP contribution in [0.3, 0.4) is 0 Å². The van der Waals surface area contributed by atoms with Crippen molar-refractivity contribution in [2.45, 2.75) is 19.9 Å². The van der Waals surface area contributed by atoms with Gasteiger partial charge in [-0.25, -0.2) is 0 Å². The van der Waals surface area contributed by atoms with Crippen LogP contribution in [0.1, 0.15) is 25.2 Å². The zero-order chi connectivity index (χ0) is 15.5. The first-order valence-corrected chi connectivity index (χ1v) is 8.61.